The van der Waals surface area contributed by atoms with E-state index in [0.29, 0.717) is 21.3 Å². The van der Waals surface area contributed by atoms with Crippen LogP contribution in [0.2, 0.25) is 10.0 Å². The lowest BCUT2D eigenvalue weighted by atomic mass is 10.2. The third-order valence-electron chi connectivity index (χ3n) is 4.83. The van der Waals surface area contributed by atoms with Crippen molar-refractivity contribution in [3.8, 4) is 0 Å². The van der Waals surface area contributed by atoms with Crippen molar-refractivity contribution in [3.63, 3.8) is 0 Å². The monoisotopic (exact) mass is 434 g/mol. The maximum atomic E-state index is 12.4. The summed E-state index contributed by atoms with van der Waals surface area (Å²) in [4.78, 5) is 29.1. The number of nitrogens with one attached hydrogen (secondary N) is 2. The minimum atomic E-state index is -0.302. The first-order valence-electron chi connectivity index (χ1n) is 9.49. The highest BCUT2D eigenvalue weighted by Crippen LogP contribution is 2.30. The van der Waals surface area contributed by atoms with E-state index in [1.54, 1.807) is 30.3 Å². The topological polar surface area (TPSA) is 64.7 Å². The molecule has 2 aromatic carbocycles. The summed E-state index contributed by atoms with van der Waals surface area (Å²) in [7, 11) is 2.10. The largest absolute Gasteiger partial charge is 0.367 e. The highest BCUT2D eigenvalue weighted by molar-refractivity contribution is 6.33. The van der Waals surface area contributed by atoms with Gasteiger partial charge >= 0.3 is 0 Å². The third-order valence-corrected chi connectivity index (χ3v) is 5.40. The molecule has 0 aromatic heterocycles. The molecular weight excluding hydrogens is 411 g/mol. The zero-order chi connectivity index (χ0) is 20.8. The summed E-state index contributed by atoms with van der Waals surface area (Å²) in [5.74, 6) is -0.494. The lowest BCUT2D eigenvalue weighted by Crippen LogP contribution is -2.44. The fraction of sp³-hybridized carbons (Fsp3) is 0.333. The molecule has 2 aromatic rings. The molecule has 1 aliphatic heterocycles. The van der Waals surface area contributed by atoms with Gasteiger partial charge in [-0.1, -0.05) is 35.3 Å². The highest BCUT2D eigenvalue weighted by atomic mass is 35.5. The van der Waals surface area contributed by atoms with Crippen molar-refractivity contribution in [2.24, 2.45) is 0 Å². The van der Waals surface area contributed by atoms with Crippen molar-refractivity contribution in [1.82, 2.24) is 10.2 Å². The van der Waals surface area contributed by atoms with E-state index in [0.717, 1.165) is 31.9 Å². The summed E-state index contributed by atoms with van der Waals surface area (Å²) in [5.41, 5.74) is 2.03. The molecule has 1 saturated heterocycles. The Morgan fingerprint density at radius 1 is 1.03 bits per heavy atom. The van der Waals surface area contributed by atoms with Crippen LogP contribution >= 0.6 is 23.2 Å². The number of rotatable bonds is 6. The summed E-state index contributed by atoms with van der Waals surface area (Å²) in [5, 5.41) is 6.59. The van der Waals surface area contributed by atoms with Crippen LogP contribution in [0.3, 0.4) is 0 Å². The molecule has 0 radical (unpaired) electrons. The van der Waals surface area contributed by atoms with Crippen LogP contribution in [-0.4, -0.2) is 56.5 Å². The Bertz CT molecular complexity index is 883. The summed E-state index contributed by atoms with van der Waals surface area (Å²) in [6, 6.07) is 12.3. The van der Waals surface area contributed by atoms with Crippen molar-refractivity contribution >= 4 is 46.4 Å². The molecule has 0 unspecified atom stereocenters. The summed E-state index contributed by atoms with van der Waals surface area (Å²) >= 11 is 12.2. The number of anilines is 2. The average Bonchev–Trinajstić information content (AvgIpc) is 2.69. The molecule has 1 heterocycles. The Hall–Kier alpha value is -2.28. The Morgan fingerprint density at radius 3 is 2.48 bits per heavy atom. The number of halogens is 2. The zero-order valence-corrected chi connectivity index (χ0v) is 17.8. The molecule has 0 atom stereocenters. The van der Waals surface area contributed by atoms with Gasteiger partial charge in [0.1, 0.15) is 0 Å². The lowest BCUT2D eigenvalue weighted by Gasteiger charge is -2.35. The van der Waals surface area contributed by atoms with E-state index in [2.05, 4.69) is 27.5 Å². The van der Waals surface area contributed by atoms with Crippen LogP contribution in [0.1, 0.15) is 16.8 Å². The van der Waals surface area contributed by atoms with Crippen LogP contribution in [0.4, 0.5) is 11.4 Å². The quantitative estimate of drug-likeness (QED) is 0.729. The van der Waals surface area contributed by atoms with E-state index in [1.807, 2.05) is 12.1 Å². The number of hydrogen-bond donors (Lipinski definition) is 2. The molecule has 3 rings (SSSR count). The van der Waals surface area contributed by atoms with Gasteiger partial charge in [0.15, 0.2) is 0 Å². The molecule has 2 amide bonds. The number of likely N-dealkylation sites (N-methyl/N-ethyl adjacent to an activating group) is 1. The van der Waals surface area contributed by atoms with Crippen molar-refractivity contribution in [1.29, 1.82) is 0 Å². The molecule has 154 valence electrons. The Kier molecular flexibility index (Phi) is 7.36. The van der Waals surface area contributed by atoms with Crippen molar-refractivity contribution in [2.75, 3.05) is 50.0 Å². The van der Waals surface area contributed by atoms with Crippen molar-refractivity contribution < 1.29 is 9.59 Å². The van der Waals surface area contributed by atoms with Gasteiger partial charge in [-0.3, -0.25) is 9.59 Å². The highest BCUT2D eigenvalue weighted by Gasteiger charge is 2.18. The van der Waals surface area contributed by atoms with Gasteiger partial charge in [-0.15, -0.1) is 0 Å². The van der Waals surface area contributed by atoms with E-state index in [-0.39, 0.29) is 24.8 Å². The van der Waals surface area contributed by atoms with Crippen molar-refractivity contribution in [3.05, 3.63) is 58.1 Å². The van der Waals surface area contributed by atoms with E-state index in [9.17, 15) is 9.59 Å². The van der Waals surface area contributed by atoms with Gasteiger partial charge < -0.3 is 20.4 Å². The van der Waals surface area contributed by atoms with E-state index in [4.69, 9.17) is 23.2 Å². The van der Waals surface area contributed by atoms with E-state index < -0.39 is 0 Å². The second-order valence-electron chi connectivity index (χ2n) is 6.99. The van der Waals surface area contributed by atoms with Gasteiger partial charge in [-0.25, -0.2) is 0 Å². The van der Waals surface area contributed by atoms with Gasteiger partial charge in [0, 0.05) is 44.2 Å². The molecule has 1 fully saturated rings. The zero-order valence-electron chi connectivity index (χ0n) is 16.3. The number of nitrogens with zero attached hydrogens (tertiary/aromatic N) is 2. The van der Waals surface area contributed by atoms with E-state index in [1.165, 1.54) is 0 Å². The standard InChI is InChI=1S/C21H24Cl2N4O2/c1-26-10-12-27(13-11-26)19-7-6-15(22)14-18(19)25-20(28)8-9-24-21(29)16-4-2-3-5-17(16)23/h2-7,14H,8-13H2,1H3,(H,24,29)(H,25,28). The first-order valence-corrected chi connectivity index (χ1v) is 10.3. The number of benzene rings is 2. The Labute approximate surface area is 180 Å². The van der Waals surface area contributed by atoms with Gasteiger partial charge in [0.25, 0.3) is 5.91 Å². The molecule has 0 saturated carbocycles. The van der Waals surface area contributed by atoms with Crippen LogP contribution in [0.25, 0.3) is 0 Å². The first-order chi connectivity index (χ1) is 13.9. The van der Waals surface area contributed by atoms with Gasteiger partial charge in [0.2, 0.25) is 5.91 Å². The molecule has 1 aliphatic rings. The number of carbonyl (C=O) groups excluding carboxylic acids is 2. The maximum Gasteiger partial charge on any atom is 0.252 e. The molecule has 6 nitrogen and oxygen atoms in total. The minimum absolute atomic E-state index is 0.144. The predicted molar refractivity (Wildman–Crippen MR) is 118 cm³/mol. The van der Waals surface area contributed by atoms with Crippen LogP contribution in [0.5, 0.6) is 0 Å². The fourth-order valence-electron chi connectivity index (χ4n) is 3.17. The van der Waals surface area contributed by atoms with Gasteiger partial charge in [0.05, 0.1) is 22.0 Å². The number of carbonyl (C=O) groups is 2. The Balaban J connectivity index is 1.57. The summed E-state index contributed by atoms with van der Waals surface area (Å²) in [6.07, 6.45) is 0.144. The van der Waals surface area contributed by atoms with Gasteiger partial charge in [-0.05, 0) is 37.4 Å². The molecule has 0 aliphatic carbocycles. The smallest absolute Gasteiger partial charge is 0.252 e. The summed E-state index contributed by atoms with van der Waals surface area (Å²) in [6.45, 7) is 3.90. The second-order valence-corrected chi connectivity index (χ2v) is 7.83. The van der Waals surface area contributed by atoms with Crippen LogP contribution in [0, 0.1) is 0 Å². The third kappa shape index (κ3) is 5.85. The van der Waals surface area contributed by atoms with Gasteiger partial charge in [-0.2, -0.15) is 0 Å². The molecule has 0 spiro atoms. The SMILES string of the molecule is CN1CCN(c2ccc(Cl)cc2NC(=O)CCNC(=O)c2ccccc2Cl)CC1. The second kappa shape index (κ2) is 9.96. The first kappa shape index (κ1) is 21.4. The average molecular weight is 435 g/mol. The predicted octanol–water partition coefficient (Wildman–Crippen LogP) is 3.50. The Morgan fingerprint density at radius 2 is 1.76 bits per heavy atom. The van der Waals surface area contributed by atoms with Crippen LogP contribution < -0.4 is 15.5 Å². The minimum Gasteiger partial charge on any atom is -0.367 e. The molecule has 29 heavy (non-hydrogen) atoms. The molecule has 8 heteroatoms. The maximum absolute atomic E-state index is 12.4. The molecular formula is C21H24Cl2N4O2. The van der Waals surface area contributed by atoms with Crippen LogP contribution in [-0.2, 0) is 4.79 Å². The number of piperazine rings is 1. The number of amides is 2. The summed E-state index contributed by atoms with van der Waals surface area (Å²) < 4.78 is 0. The van der Waals surface area contributed by atoms with Crippen molar-refractivity contribution in [2.45, 2.75) is 6.42 Å². The molecule has 2 N–H and O–H groups in total. The lowest BCUT2D eigenvalue weighted by molar-refractivity contribution is -0.116. The number of hydrogen-bond acceptors (Lipinski definition) is 4. The van der Waals surface area contributed by atoms with Crippen LogP contribution in [0.15, 0.2) is 42.5 Å². The molecule has 0 bridgehead atoms. The fourth-order valence-corrected chi connectivity index (χ4v) is 3.57. The normalized spacial score (nSPS) is 14.5. The van der Waals surface area contributed by atoms with E-state index >= 15 is 0 Å².